The fourth-order valence-electron chi connectivity index (χ4n) is 1.62. The minimum atomic E-state index is -0.188. The van der Waals surface area contributed by atoms with Crippen molar-refractivity contribution >= 4 is 21.8 Å². The first-order valence-corrected chi connectivity index (χ1v) is 6.87. The number of hydrogen-bond donors (Lipinski definition) is 1. The summed E-state index contributed by atoms with van der Waals surface area (Å²) in [5.74, 6) is -0.188. The van der Waals surface area contributed by atoms with E-state index >= 15 is 0 Å². The van der Waals surface area contributed by atoms with E-state index in [0.29, 0.717) is 25.1 Å². The maximum Gasteiger partial charge on any atom is 0.266 e. The molecule has 0 aliphatic heterocycles. The third kappa shape index (κ3) is 3.99. The van der Waals surface area contributed by atoms with E-state index in [0.717, 1.165) is 4.47 Å². The number of halogens is 1. The lowest BCUT2D eigenvalue weighted by atomic mass is 10.2. The van der Waals surface area contributed by atoms with E-state index in [4.69, 9.17) is 0 Å². The Bertz CT molecular complexity index is 657. The predicted octanol–water partition coefficient (Wildman–Crippen LogP) is 1.22. The van der Waals surface area contributed by atoms with Gasteiger partial charge in [0.2, 0.25) is 0 Å². The van der Waals surface area contributed by atoms with Gasteiger partial charge in [-0.2, -0.15) is 5.10 Å². The number of aromatic nitrogens is 3. The van der Waals surface area contributed by atoms with Crippen molar-refractivity contribution < 1.29 is 4.79 Å². The molecule has 0 atom stereocenters. The van der Waals surface area contributed by atoms with Gasteiger partial charge >= 0.3 is 0 Å². The van der Waals surface area contributed by atoms with E-state index in [1.165, 1.54) is 16.9 Å². The molecule has 0 unspecified atom stereocenters. The predicted molar refractivity (Wildman–Crippen MR) is 77.4 cm³/mol. The number of nitrogens with zero attached hydrogens (tertiary/aromatic N) is 3. The number of carbonyl (C=O) groups excluding carboxylic acids is 1. The van der Waals surface area contributed by atoms with Crippen molar-refractivity contribution in [3.63, 3.8) is 0 Å². The van der Waals surface area contributed by atoms with Gasteiger partial charge in [0.25, 0.3) is 11.5 Å². The highest BCUT2D eigenvalue weighted by Gasteiger charge is 2.05. The molecule has 0 aliphatic rings. The Morgan fingerprint density at radius 2 is 2.25 bits per heavy atom. The molecule has 0 bridgehead atoms. The average molecular weight is 337 g/mol. The number of aryl methyl sites for hydroxylation is 1. The topological polar surface area (TPSA) is 76.9 Å². The first-order chi connectivity index (χ1) is 9.66. The van der Waals surface area contributed by atoms with E-state index < -0.39 is 0 Å². The second kappa shape index (κ2) is 6.95. The molecule has 1 N–H and O–H groups in total. The fraction of sp³-hybridized carbons (Fsp3) is 0.231. The maximum absolute atomic E-state index is 11.8. The number of pyridine rings is 1. The fourth-order valence-corrected chi connectivity index (χ4v) is 1.99. The molecule has 0 saturated heterocycles. The van der Waals surface area contributed by atoms with Gasteiger partial charge in [-0.05, 0) is 34.5 Å². The Morgan fingerprint density at radius 1 is 1.40 bits per heavy atom. The van der Waals surface area contributed by atoms with E-state index in [-0.39, 0.29) is 11.5 Å². The van der Waals surface area contributed by atoms with Gasteiger partial charge in [-0.25, -0.2) is 4.68 Å². The van der Waals surface area contributed by atoms with Crippen molar-refractivity contribution in [2.75, 3.05) is 6.54 Å². The Kier molecular flexibility index (Phi) is 5.00. The second-order valence-electron chi connectivity index (χ2n) is 4.09. The quantitative estimate of drug-likeness (QED) is 0.833. The van der Waals surface area contributed by atoms with Gasteiger partial charge in [-0.15, -0.1) is 0 Å². The second-order valence-corrected chi connectivity index (χ2v) is 5.00. The number of rotatable bonds is 5. The Balaban J connectivity index is 1.80. The van der Waals surface area contributed by atoms with Crippen molar-refractivity contribution in [3.05, 3.63) is 57.2 Å². The van der Waals surface area contributed by atoms with Crippen molar-refractivity contribution in [1.82, 2.24) is 20.1 Å². The van der Waals surface area contributed by atoms with Crippen molar-refractivity contribution in [2.45, 2.75) is 13.0 Å². The first-order valence-electron chi connectivity index (χ1n) is 6.08. The van der Waals surface area contributed by atoms with Gasteiger partial charge in [0.15, 0.2) is 0 Å². The summed E-state index contributed by atoms with van der Waals surface area (Å²) in [6.45, 7) is 0.936. The van der Waals surface area contributed by atoms with E-state index in [1.807, 2.05) is 0 Å². The summed E-state index contributed by atoms with van der Waals surface area (Å²) in [6, 6.07) is 4.76. The summed E-state index contributed by atoms with van der Waals surface area (Å²) >= 11 is 3.26. The third-order valence-corrected chi connectivity index (χ3v) is 3.02. The molecule has 0 saturated carbocycles. The van der Waals surface area contributed by atoms with Crippen LogP contribution in [-0.4, -0.2) is 27.2 Å². The zero-order valence-electron chi connectivity index (χ0n) is 10.6. The normalized spacial score (nSPS) is 10.2. The summed E-state index contributed by atoms with van der Waals surface area (Å²) < 4.78 is 2.12. The van der Waals surface area contributed by atoms with Crippen LogP contribution >= 0.6 is 15.9 Å². The zero-order chi connectivity index (χ0) is 14.4. The summed E-state index contributed by atoms with van der Waals surface area (Å²) in [5.41, 5.74) is 0.351. The molecule has 6 nitrogen and oxygen atoms in total. The van der Waals surface area contributed by atoms with Gasteiger partial charge < -0.3 is 5.32 Å². The lowest BCUT2D eigenvalue weighted by Gasteiger charge is -2.06. The minimum Gasteiger partial charge on any atom is -0.352 e. The van der Waals surface area contributed by atoms with Gasteiger partial charge in [0.1, 0.15) is 0 Å². The molecule has 0 fully saturated rings. The summed E-state index contributed by atoms with van der Waals surface area (Å²) in [5, 5.41) is 6.71. The molecule has 2 heterocycles. The molecule has 20 heavy (non-hydrogen) atoms. The monoisotopic (exact) mass is 336 g/mol. The maximum atomic E-state index is 11.8. The Morgan fingerprint density at radius 3 is 3.00 bits per heavy atom. The van der Waals surface area contributed by atoms with E-state index in [9.17, 15) is 9.59 Å². The smallest absolute Gasteiger partial charge is 0.266 e. The average Bonchev–Trinajstić information content (AvgIpc) is 2.45. The summed E-state index contributed by atoms with van der Waals surface area (Å²) in [7, 11) is 0. The first kappa shape index (κ1) is 14.4. The number of amides is 1. The van der Waals surface area contributed by atoms with Gasteiger partial charge in [-0.1, -0.05) is 0 Å². The number of hydrogen-bond acceptors (Lipinski definition) is 4. The molecule has 0 aliphatic carbocycles. The number of nitrogens with one attached hydrogen (secondary N) is 1. The summed E-state index contributed by atoms with van der Waals surface area (Å²) in [4.78, 5) is 27.2. The Labute approximate surface area is 124 Å². The minimum absolute atomic E-state index is 0.144. The highest BCUT2D eigenvalue weighted by atomic mass is 79.9. The van der Waals surface area contributed by atoms with Crippen LogP contribution in [0.15, 0.2) is 46.1 Å². The summed E-state index contributed by atoms with van der Waals surface area (Å²) in [6.07, 6.45) is 5.31. The zero-order valence-corrected chi connectivity index (χ0v) is 12.2. The molecule has 2 aromatic rings. The van der Waals surface area contributed by atoms with Gasteiger partial charge in [0, 0.05) is 42.2 Å². The van der Waals surface area contributed by atoms with Gasteiger partial charge in [0.05, 0.1) is 5.56 Å². The third-order valence-electron chi connectivity index (χ3n) is 2.58. The highest BCUT2D eigenvalue weighted by Crippen LogP contribution is 2.09. The van der Waals surface area contributed by atoms with Crippen LogP contribution in [0.25, 0.3) is 0 Å². The van der Waals surface area contributed by atoms with Crippen LogP contribution < -0.4 is 10.9 Å². The van der Waals surface area contributed by atoms with Crippen molar-refractivity contribution in [3.8, 4) is 0 Å². The molecule has 1 amide bonds. The van der Waals surface area contributed by atoms with Crippen molar-refractivity contribution in [2.24, 2.45) is 0 Å². The lowest BCUT2D eigenvalue weighted by molar-refractivity contribution is 0.0952. The highest BCUT2D eigenvalue weighted by molar-refractivity contribution is 9.10. The lowest BCUT2D eigenvalue weighted by Crippen LogP contribution is -2.27. The van der Waals surface area contributed by atoms with Crippen LogP contribution in [0.2, 0.25) is 0 Å². The van der Waals surface area contributed by atoms with E-state index in [1.54, 1.807) is 24.5 Å². The van der Waals surface area contributed by atoms with E-state index in [2.05, 4.69) is 31.3 Å². The van der Waals surface area contributed by atoms with Crippen LogP contribution in [0.5, 0.6) is 0 Å². The number of carbonyl (C=O) groups is 1. The SMILES string of the molecule is O=C(NCCCn1ncccc1=O)c1cncc(Br)c1. The van der Waals surface area contributed by atoms with Crippen LogP contribution in [-0.2, 0) is 6.54 Å². The Hall–Kier alpha value is -2.02. The molecule has 7 heteroatoms. The molecular weight excluding hydrogens is 324 g/mol. The standard InChI is InChI=1S/C13H13BrN4O2/c14-11-7-10(8-15-9-11)13(20)16-4-2-6-18-12(19)3-1-5-17-18/h1,3,5,7-9H,2,4,6H2,(H,16,20). The molecular formula is C13H13BrN4O2. The van der Waals surface area contributed by atoms with Crippen LogP contribution in [0, 0.1) is 0 Å². The molecule has 2 rings (SSSR count). The van der Waals surface area contributed by atoms with Gasteiger partial charge in [-0.3, -0.25) is 14.6 Å². The molecule has 0 spiro atoms. The van der Waals surface area contributed by atoms with Crippen molar-refractivity contribution in [1.29, 1.82) is 0 Å². The molecule has 0 radical (unpaired) electrons. The van der Waals surface area contributed by atoms with Crippen LogP contribution in [0.1, 0.15) is 16.8 Å². The largest absolute Gasteiger partial charge is 0.352 e. The van der Waals surface area contributed by atoms with Crippen LogP contribution in [0.3, 0.4) is 0 Å². The molecule has 0 aromatic carbocycles. The molecule has 2 aromatic heterocycles. The van der Waals surface area contributed by atoms with Crippen LogP contribution in [0.4, 0.5) is 0 Å². The molecule has 104 valence electrons.